The SMILES string of the molecule is C=C(C)Cc1c(C)c(C#N)c2nc3ccccc3n2c1NCCC[NH+](C)C. The summed E-state index contributed by atoms with van der Waals surface area (Å²) >= 11 is 0. The summed E-state index contributed by atoms with van der Waals surface area (Å²) < 4.78 is 2.11. The second-order valence-electron chi connectivity index (χ2n) is 7.57. The van der Waals surface area contributed by atoms with Crippen molar-refractivity contribution in [2.45, 2.75) is 26.7 Å². The largest absolute Gasteiger partial charge is 0.371 e. The third-order valence-electron chi connectivity index (χ3n) is 4.86. The summed E-state index contributed by atoms with van der Waals surface area (Å²) in [5.41, 5.74) is 6.49. The lowest BCUT2D eigenvalue weighted by atomic mass is 9.99. The van der Waals surface area contributed by atoms with Crippen molar-refractivity contribution >= 4 is 22.5 Å². The van der Waals surface area contributed by atoms with Crippen molar-refractivity contribution in [3.05, 3.63) is 53.1 Å². The monoisotopic (exact) mass is 362 g/mol. The maximum Gasteiger partial charge on any atom is 0.157 e. The Morgan fingerprint density at radius 1 is 1.33 bits per heavy atom. The molecule has 140 valence electrons. The van der Waals surface area contributed by atoms with Gasteiger partial charge in [0.25, 0.3) is 0 Å². The maximum atomic E-state index is 9.82. The molecule has 0 aliphatic rings. The van der Waals surface area contributed by atoms with Gasteiger partial charge in [0.05, 0.1) is 37.2 Å². The second kappa shape index (κ2) is 7.81. The molecule has 2 heterocycles. The molecule has 0 atom stereocenters. The average Bonchev–Trinajstić information content (AvgIpc) is 2.99. The van der Waals surface area contributed by atoms with Crippen molar-refractivity contribution in [1.82, 2.24) is 9.38 Å². The summed E-state index contributed by atoms with van der Waals surface area (Å²) in [4.78, 5) is 6.20. The molecule has 0 amide bonds. The van der Waals surface area contributed by atoms with Crippen LogP contribution in [0.15, 0.2) is 36.4 Å². The third kappa shape index (κ3) is 3.67. The van der Waals surface area contributed by atoms with Gasteiger partial charge < -0.3 is 10.2 Å². The van der Waals surface area contributed by atoms with Crippen molar-refractivity contribution in [1.29, 1.82) is 5.26 Å². The van der Waals surface area contributed by atoms with Gasteiger partial charge in [-0.05, 0) is 38.0 Å². The van der Waals surface area contributed by atoms with Crippen LogP contribution >= 0.6 is 0 Å². The molecule has 0 aliphatic heterocycles. The molecule has 0 saturated heterocycles. The molecular formula is C22H28N5+. The molecule has 0 spiro atoms. The first-order valence-corrected chi connectivity index (χ1v) is 9.44. The summed E-state index contributed by atoms with van der Waals surface area (Å²) in [6.45, 7) is 10.1. The number of imidazole rings is 1. The van der Waals surface area contributed by atoms with E-state index in [-0.39, 0.29) is 0 Å². The van der Waals surface area contributed by atoms with E-state index in [4.69, 9.17) is 4.98 Å². The number of fused-ring (bicyclic) bond motifs is 3. The number of anilines is 1. The quantitative estimate of drug-likeness (QED) is 0.502. The number of allylic oxidation sites excluding steroid dienone is 1. The number of quaternary nitrogens is 1. The minimum Gasteiger partial charge on any atom is -0.371 e. The van der Waals surface area contributed by atoms with E-state index in [1.807, 2.05) is 32.0 Å². The molecule has 2 aromatic heterocycles. The highest BCUT2D eigenvalue weighted by atomic mass is 15.1. The van der Waals surface area contributed by atoms with Crippen LogP contribution in [0.3, 0.4) is 0 Å². The predicted molar refractivity (Wildman–Crippen MR) is 111 cm³/mol. The van der Waals surface area contributed by atoms with E-state index in [1.54, 1.807) is 0 Å². The topological polar surface area (TPSA) is 57.6 Å². The Balaban J connectivity index is 2.24. The third-order valence-corrected chi connectivity index (χ3v) is 4.86. The first-order chi connectivity index (χ1) is 12.9. The highest BCUT2D eigenvalue weighted by molar-refractivity contribution is 5.86. The molecule has 0 saturated carbocycles. The minimum absolute atomic E-state index is 0.644. The van der Waals surface area contributed by atoms with Crippen molar-refractivity contribution in [3.8, 4) is 6.07 Å². The Bertz CT molecular complexity index is 1040. The fourth-order valence-electron chi connectivity index (χ4n) is 3.54. The molecule has 5 nitrogen and oxygen atoms in total. The number of para-hydroxylation sites is 2. The molecule has 3 aromatic rings. The molecule has 5 heteroatoms. The van der Waals surface area contributed by atoms with Gasteiger partial charge in [-0.2, -0.15) is 5.26 Å². The summed E-state index contributed by atoms with van der Waals surface area (Å²) in [6, 6.07) is 10.4. The van der Waals surface area contributed by atoms with E-state index < -0.39 is 0 Å². The predicted octanol–water partition coefficient (Wildman–Crippen LogP) is 2.73. The Morgan fingerprint density at radius 3 is 2.74 bits per heavy atom. The number of benzene rings is 1. The highest BCUT2D eigenvalue weighted by Gasteiger charge is 2.20. The molecule has 0 aliphatic carbocycles. The van der Waals surface area contributed by atoms with Crippen molar-refractivity contribution in [2.75, 3.05) is 32.5 Å². The maximum absolute atomic E-state index is 9.82. The highest BCUT2D eigenvalue weighted by Crippen LogP contribution is 2.32. The number of nitrogens with zero attached hydrogens (tertiary/aromatic N) is 3. The lowest BCUT2D eigenvalue weighted by molar-refractivity contribution is -0.858. The van der Waals surface area contributed by atoms with Crippen LogP contribution in [0, 0.1) is 18.3 Å². The van der Waals surface area contributed by atoms with Gasteiger partial charge in [-0.15, -0.1) is 0 Å². The van der Waals surface area contributed by atoms with Crippen LogP contribution in [0.2, 0.25) is 0 Å². The van der Waals surface area contributed by atoms with Gasteiger partial charge in [-0.25, -0.2) is 4.98 Å². The fraction of sp³-hybridized carbons (Fsp3) is 0.364. The zero-order chi connectivity index (χ0) is 19.6. The molecule has 1 aromatic carbocycles. The second-order valence-corrected chi connectivity index (χ2v) is 7.57. The van der Waals surface area contributed by atoms with Gasteiger partial charge >= 0.3 is 0 Å². The summed E-state index contributed by atoms with van der Waals surface area (Å²) in [5.74, 6) is 1.03. The molecule has 2 N–H and O–H groups in total. The molecule has 0 radical (unpaired) electrons. The summed E-state index contributed by atoms with van der Waals surface area (Å²) in [7, 11) is 4.33. The van der Waals surface area contributed by atoms with Crippen molar-refractivity contribution < 1.29 is 4.90 Å². The Kier molecular flexibility index (Phi) is 5.48. The smallest absolute Gasteiger partial charge is 0.157 e. The van der Waals surface area contributed by atoms with Gasteiger partial charge in [0.1, 0.15) is 11.9 Å². The lowest BCUT2D eigenvalue weighted by Gasteiger charge is -2.19. The van der Waals surface area contributed by atoms with Crippen LogP contribution in [0.4, 0.5) is 5.82 Å². The Hall–Kier alpha value is -2.84. The minimum atomic E-state index is 0.644. The number of rotatable bonds is 7. The van der Waals surface area contributed by atoms with E-state index >= 15 is 0 Å². The lowest BCUT2D eigenvalue weighted by Crippen LogP contribution is -3.05. The van der Waals surface area contributed by atoms with Crippen LogP contribution in [0.1, 0.15) is 30.0 Å². The van der Waals surface area contributed by atoms with Gasteiger partial charge in [-0.3, -0.25) is 4.40 Å². The zero-order valence-corrected chi connectivity index (χ0v) is 16.7. The van der Waals surface area contributed by atoms with E-state index in [1.165, 1.54) is 4.90 Å². The first kappa shape index (κ1) is 18.9. The number of pyridine rings is 1. The molecule has 0 unspecified atom stereocenters. The molecule has 0 fully saturated rings. The van der Waals surface area contributed by atoms with E-state index in [2.05, 4.69) is 42.5 Å². The molecular weight excluding hydrogens is 334 g/mol. The van der Waals surface area contributed by atoms with Gasteiger partial charge in [0, 0.05) is 18.5 Å². The Labute approximate surface area is 160 Å². The van der Waals surface area contributed by atoms with E-state index in [0.29, 0.717) is 5.56 Å². The molecule has 0 bridgehead atoms. The summed E-state index contributed by atoms with van der Waals surface area (Å²) in [6.07, 6.45) is 1.81. The number of nitriles is 1. The average molecular weight is 363 g/mol. The van der Waals surface area contributed by atoms with Crippen LogP contribution in [-0.4, -0.2) is 36.6 Å². The Morgan fingerprint density at radius 2 is 2.07 bits per heavy atom. The molecule has 27 heavy (non-hydrogen) atoms. The van der Waals surface area contributed by atoms with E-state index in [9.17, 15) is 5.26 Å². The number of aromatic nitrogens is 2. The van der Waals surface area contributed by atoms with E-state index in [0.717, 1.165) is 65.1 Å². The normalized spacial score (nSPS) is 11.3. The van der Waals surface area contributed by atoms with Crippen molar-refractivity contribution in [3.63, 3.8) is 0 Å². The fourth-order valence-corrected chi connectivity index (χ4v) is 3.54. The number of hydrogen-bond acceptors (Lipinski definition) is 3. The number of hydrogen-bond donors (Lipinski definition) is 2. The van der Waals surface area contributed by atoms with Crippen LogP contribution in [0.25, 0.3) is 16.7 Å². The van der Waals surface area contributed by atoms with Gasteiger partial charge in [0.2, 0.25) is 0 Å². The summed E-state index contributed by atoms with van der Waals surface area (Å²) in [5, 5.41) is 13.5. The van der Waals surface area contributed by atoms with Crippen LogP contribution in [-0.2, 0) is 6.42 Å². The first-order valence-electron chi connectivity index (χ1n) is 9.44. The van der Waals surface area contributed by atoms with Crippen LogP contribution < -0.4 is 10.2 Å². The van der Waals surface area contributed by atoms with Gasteiger partial charge in [-0.1, -0.05) is 24.3 Å². The number of nitrogens with one attached hydrogen (secondary N) is 2. The van der Waals surface area contributed by atoms with Crippen molar-refractivity contribution in [2.24, 2.45) is 0 Å². The zero-order valence-electron chi connectivity index (χ0n) is 16.7. The van der Waals surface area contributed by atoms with Crippen LogP contribution in [0.5, 0.6) is 0 Å². The standard InChI is InChI=1S/C22H27N5/c1-15(2)13-17-16(3)18(14-23)22-25-19-9-6-7-10-20(19)27(22)21(17)24-11-8-12-26(4)5/h6-7,9-10,24H,1,8,11-13H2,2-5H3/p+1. The van der Waals surface area contributed by atoms with Gasteiger partial charge in [0.15, 0.2) is 5.65 Å². The molecule has 3 rings (SSSR count).